The van der Waals surface area contributed by atoms with Gasteiger partial charge in [-0.2, -0.15) is 0 Å². The van der Waals surface area contributed by atoms with Crippen molar-refractivity contribution in [1.82, 2.24) is 9.97 Å². The van der Waals surface area contributed by atoms with Gasteiger partial charge in [-0.15, -0.1) is 0 Å². The minimum absolute atomic E-state index is 0.554. The number of hydrogen-bond acceptors (Lipinski definition) is 2. The third kappa shape index (κ3) is 2.31. The van der Waals surface area contributed by atoms with E-state index >= 15 is 0 Å². The average Bonchev–Trinajstić information content (AvgIpc) is 2.76. The molecule has 3 nitrogen and oxygen atoms in total. The summed E-state index contributed by atoms with van der Waals surface area (Å²) in [7, 11) is 0. The Morgan fingerprint density at radius 2 is 1.95 bits per heavy atom. The van der Waals surface area contributed by atoms with E-state index in [-0.39, 0.29) is 0 Å². The smallest absolute Gasteiger partial charge is 0.138 e. The maximum absolute atomic E-state index is 5.98. The lowest BCUT2D eigenvalue weighted by atomic mass is 10.2. The molecule has 0 unspecified atom stereocenters. The first-order chi connectivity index (χ1) is 9.04. The number of nitrogens with one attached hydrogen (secondary N) is 1. The van der Waals surface area contributed by atoms with Gasteiger partial charge in [-0.25, -0.2) is 4.98 Å². The number of H-pyrrole nitrogens is 1. The fourth-order valence-corrected chi connectivity index (χ4v) is 2.61. The van der Waals surface area contributed by atoms with Crippen LogP contribution in [0.25, 0.3) is 22.4 Å². The van der Waals surface area contributed by atoms with Crippen LogP contribution in [-0.4, -0.2) is 9.97 Å². The van der Waals surface area contributed by atoms with Crippen molar-refractivity contribution in [1.29, 1.82) is 0 Å². The SMILES string of the molecule is Nc1cc(Cl)cc2[nH]c(-c3ccc(Cl)c(Br)c3)nc12. The van der Waals surface area contributed by atoms with E-state index < -0.39 is 0 Å². The van der Waals surface area contributed by atoms with Gasteiger partial charge in [0.2, 0.25) is 0 Å². The number of benzene rings is 2. The third-order valence-corrected chi connectivity index (χ3v) is 4.21. The van der Waals surface area contributed by atoms with E-state index in [0.29, 0.717) is 21.2 Å². The molecule has 0 saturated carbocycles. The highest BCUT2D eigenvalue weighted by atomic mass is 79.9. The summed E-state index contributed by atoms with van der Waals surface area (Å²) in [6.07, 6.45) is 0. The Morgan fingerprint density at radius 1 is 1.16 bits per heavy atom. The van der Waals surface area contributed by atoms with Crippen LogP contribution in [-0.2, 0) is 0 Å². The predicted octanol–water partition coefficient (Wildman–Crippen LogP) is 4.88. The van der Waals surface area contributed by atoms with E-state index in [1.165, 1.54) is 0 Å². The van der Waals surface area contributed by atoms with E-state index in [9.17, 15) is 0 Å². The summed E-state index contributed by atoms with van der Waals surface area (Å²) in [4.78, 5) is 7.69. The largest absolute Gasteiger partial charge is 0.397 e. The Bertz CT molecular complexity index is 783. The number of fused-ring (bicyclic) bond motifs is 1. The number of hydrogen-bond donors (Lipinski definition) is 2. The number of anilines is 1. The highest BCUT2D eigenvalue weighted by molar-refractivity contribution is 9.10. The van der Waals surface area contributed by atoms with Crippen LogP contribution in [0.4, 0.5) is 5.69 Å². The molecule has 0 fully saturated rings. The molecule has 0 spiro atoms. The molecule has 6 heteroatoms. The number of aromatic nitrogens is 2. The van der Waals surface area contributed by atoms with Gasteiger partial charge in [0.05, 0.1) is 16.2 Å². The zero-order valence-electron chi connectivity index (χ0n) is 9.55. The summed E-state index contributed by atoms with van der Waals surface area (Å²) < 4.78 is 0.818. The van der Waals surface area contributed by atoms with E-state index in [0.717, 1.165) is 21.4 Å². The molecule has 3 rings (SSSR count). The first-order valence-electron chi connectivity index (χ1n) is 5.45. The summed E-state index contributed by atoms with van der Waals surface area (Å²) in [6, 6.07) is 9.09. The second-order valence-corrected chi connectivity index (χ2v) is 5.80. The highest BCUT2D eigenvalue weighted by Gasteiger charge is 2.10. The summed E-state index contributed by atoms with van der Waals surface area (Å²) in [5.41, 5.74) is 8.90. The van der Waals surface area contributed by atoms with Gasteiger partial charge >= 0.3 is 0 Å². The van der Waals surface area contributed by atoms with Crippen molar-refractivity contribution in [2.45, 2.75) is 0 Å². The highest BCUT2D eigenvalue weighted by Crippen LogP contribution is 2.30. The van der Waals surface area contributed by atoms with Crippen molar-refractivity contribution in [2.75, 3.05) is 5.73 Å². The number of aromatic amines is 1. The van der Waals surface area contributed by atoms with Crippen LogP contribution in [0.3, 0.4) is 0 Å². The molecular formula is C13H8BrCl2N3. The molecule has 1 heterocycles. The van der Waals surface area contributed by atoms with Crippen LogP contribution in [0.1, 0.15) is 0 Å². The Hall–Kier alpha value is -1.23. The van der Waals surface area contributed by atoms with Crippen LogP contribution in [0.15, 0.2) is 34.8 Å². The standard InChI is InChI=1S/C13H8BrCl2N3/c14-8-3-6(1-2-9(8)16)13-18-11-5-7(15)4-10(17)12(11)19-13/h1-5H,17H2,(H,18,19). The van der Waals surface area contributed by atoms with E-state index in [1.54, 1.807) is 12.1 Å². The molecule has 3 aromatic rings. The quantitative estimate of drug-likeness (QED) is 0.610. The molecule has 0 atom stereocenters. The number of nitrogen functional groups attached to an aromatic ring is 1. The monoisotopic (exact) mass is 355 g/mol. The van der Waals surface area contributed by atoms with E-state index in [1.807, 2.05) is 18.2 Å². The van der Waals surface area contributed by atoms with Gasteiger partial charge in [-0.1, -0.05) is 23.2 Å². The van der Waals surface area contributed by atoms with Crippen LogP contribution in [0.2, 0.25) is 10.0 Å². The molecule has 2 aromatic carbocycles. The second kappa shape index (κ2) is 4.71. The van der Waals surface area contributed by atoms with Gasteiger partial charge < -0.3 is 10.7 Å². The number of halogens is 3. The number of nitrogens with zero attached hydrogens (tertiary/aromatic N) is 1. The van der Waals surface area contributed by atoms with Gasteiger partial charge in [0.25, 0.3) is 0 Å². The molecule has 0 aliphatic rings. The van der Waals surface area contributed by atoms with Crippen molar-refractivity contribution in [3.8, 4) is 11.4 Å². The minimum atomic E-state index is 0.554. The Morgan fingerprint density at radius 3 is 2.68 bits per heavy atom. The lowest BCUT2D eigenvalue weighted by Gasteiger charge is -1.99. The lowest BCUT2D eigenvalue weighted by Crippen LogP contribution is -1.86. The zero-order chi connectivity index (χ0) is 13.6. The van der Waals surface area contributed by atoms with Crippen LogP contribution < -0.4 is 5.73 Å². The lowest BCUT2D eigenvalue weighted by molar-refractivity contribution is 1.33. The van der Waals surface area contributed by atoms with E-state index in [2.05, 4.69) is 25.9 Å². The summed E-state index contributed by atoms with van der Waals surface area (Å²) in [5, 5.41) is 1.24. The fourth-order valence-electron chi connectivity index (χ4n) is 1.89. The Labute approximate surface area is 127 Å². The molecule has 19 heavy (non-hydrogen) atoms. The summed E-state index contributed by atoms with van der Waals surface area (Å²) >= 11 is 15.3. The molecular weight excluding hydrogens is 349 g/mol. The third-order valence-electron chi connectivity index (χ3n) is 2.77. The van der Waals surface area contributed by atoms with Crippen molar-refractivity contribution in [2.24, 2.45) is 0 Å². The molecule has 0 aliphatic carbocycles. The van der Waals surface area contributed by atoms with Crippen LogP contribution in [0, 0.1) is 0 Å². The Kier molecular flexibility index (Phi) is 3.17. The summed E-state index contributed by atoms with van der Waals surface area (Å²) in [5.74, 6) is 0.723. The molecule has 1 aromatic heterocycles. The van der Waals surface area contributed by atoms with Gasteiger partial charge in [-0.05, 0) is 46.3 Å². The maximum atomic E-state index is 5.98. The van der Waals surface area contributed by atoms with E-state index in [4.69, 9.17) is 28.9 Å². The molecule has 0 radical (unpaired) electrons. The van der Waals surface area contributed by atoms with Crippen LogP contribution >= 0.6 is 39.1 Å². The minimum Gasteiger partial charge on any atom is -0.397 e. The normalized spacial score (nSPS) is 11.1. The number of rotatable bonds is 1. The summed E-state index contributed by atoms with van der Waals surface area (Å²) in [6.45, 7) is 0. The molecule has 0 amide bonds. The number of imidazole rings is 1. The first-order valence-corrected chi connectivity index (χ1v) is 6.99. The molecule has 0 aliphatic heterocycles. The maximum Gasteiger partial charge on any atom is 0.138 e. The predicted molar refractivity (Wildman–Crippen MR) is 83.7 cm³/mol. The van der Waals surface area contributed by atoms with Crippen molar-refractivity contribution >= 4 is 55.9 Å². The van der Waals surface area contributed by atoms with Crippen molar-refractivity contribution < 1.29 is 0 Å². The first kappa shape index (κ1) is 12.8. The molecule has 96 valence electrons. The zero-order valence-corrected chi connectivity index (χ0v) is 12.6. The average molecular weight is 357 g/mol. The topological polar surface area (TPSA) is 54.7 Å². The van der Waals surface area contributed by atoms with Crippen molar-refractivity contribution in [3.63, 3.8) is 0 Å². The Balaban J connectivity index is 2.20. The van der Waals surface area contributed by atoms with Crippen LogP contribution in [0.5, 0.6) is 0 Å². The van der Waals surface area contributed by atoms with Gasteiger partial charge in [-0.3, -0.25) is 0 Å². The van der Waals surface area contributed by atoms with Gasteiger partial charge in [0.15, 0.2) is 0 Å². The van der Waals surface area contributed by atoms with Gasteiger partial charge in [0, 0.05) is 15.1 Å². The number of nitrogens with two attached hydrogens (primary N) is 1. The molecule has 0 saturated heterocycles. The van der Waals surface area contributed by atoms with Gasteiger partial charge in [0.1, 0.15) is 11.3 Å². The molecule has 3 N–H and O–H groups in total. The fraction of sp³-hybridized carbons (Fsp3) is 0. The molecule has 0 bridgehead atoms. The second-order valence-electron chi connectivity index (χ2n) is 4.11. The van der Waals surface area contributed by atoms with Crippen molar-refractivity contribution in [3.05, 3.63) is 44.8 Å².